The van der Waals surface area contributed by atoms with Gasteiger partial charge in [0.1, 0.15) is 0 Å². The van der Waals surface area contributed by atoms with E-state index in [9.17, 15) is 0 Å². The molecular formula is C16H20ClNS. The Kier molecular flexibility index (Phi) is 5.03. The fourth-order valence-electron chi connectivity index (χ4n) is 2.21. The number of thiophene rings is 1. The van der Waals surface area contributed by atoms with Gasteiger partial charge in [-0.05, 0) is 49.7 Å². The van der Waals surface area contributed by atoms with E-state index >= 15 is 0 Å². The minimum atomic E-state index is 0.274. The summed E-state index contributed by atoms with van der Waals surface area (Å²) in [6.07, 6.45) is 2.10. The molecule has 102 valence electrons. The van der Waals surface area contributed by atoms with Crippen molar-refractivity contribution in [2.45, 2.75) is 32.7 Å². The Morgan fingerprint density at radius 3 is 2.53 bits per heavy atom. The summed E-state index contributed by atoms with van der Waals surface area (Å²) in [5, 5.41) is 4.23. The molecule has 1 unspecified atom stereocenters. The van der Waals surface area contributed by atoms with E-state index in [4.69, 9.17) is 11.6 Å². The molecule has 1 aromatic heterocycles. The number of nitrogens with one attached hydrogen (secondary N) is 1. The predicted molar refractivity (Wildman–Crippen MR) is 85.4 cm³/mol. The maximum atomic E-state index is 6.37. The van der Waals surface area contributed by atoms with E-state index in [0.717, 1.165) is 17.9 Å². The Bertz CT molecular complexity index is 547. The average molecular weight is 294 g/mol. The second-order valence-corrected chi connectivity index (χ2v) is 6.45. The summed E-state index contributed by atoms with van der Waals surface area (Å²) in [7, 11) is 2.00. The van der Waals surface area contributed by atoms with Crippen LogP contribution in [0.1, 0.15) is 33.8 Å². The molecule has 2 rings (SSSR count). The van der Waals surface area contributed by atoms with Crippen LogP contribution in [0, 0.1) is 6.92 Å². The number of hydrogen-bond donors (Lipinski definition) is 1. The van der Waals surface area contributed by atoms with Crippen molar-refractivity contribution in [1.82, 2.24) is 5.32 Å². The van der Waals surface area contributed by atoms with Gasteiger partial charge in [0, 0.05) is 27.2 Å². The van der Waals surface area contributed by atoms with Gasteiger partial charge in [0.15, 0.2) is 0 Å². The Morgan fingerprint density at radius 2 is 1.95 bits per heavy atom. The molecule has 0 fully saturated rings. The Hall–Kier alpha value is -0.830. The van der Waals surface area contributed by atoms with Crippen LogP contribution in [0.3, 0.4) is 0 Å². The summed E-state index contributed by atoms with van der Waals surface area (Å²) >= 11 is 8.26. The van der Waals surface area contributed by atoms with Crippen molar-refractivity contribution in [2.24, 2.45) is 0 Å². The van der Waals surface area contributed by atoms with Crippen molar-refractivity contribution in [2.75, 3.05) is 7.05 Å². The molecule has 1 N–H and O–H groups in total. The molecule has 0 amide bonds. The van der Waals surface area contributed by atoms with E-state index in [1.54, 1.807) is 0 Å². The first kappa shape index (κ1) is 14.6. The van der Waals surface area contributed by atoms with Crippen molar-refractivity contribution < 1.29 is 0 Å². The lowest BCUT2D eigenvalue weighted by molar-refractivity contribution is 0.596. The van der Waals surface area contributed by atoms with Crippen molar-refractivity contribution in [1.29, 1.82) is 0 Å². The summed E-state index contributed by atoms with van der Waals surface area (Å²) in [6.45, 7) is 4.26. The van der Waals surface area contributed by atoms with E-state index in [-0.39, 0.29) is 6.04 Å². The molecule has 0 aliphatic rings. The van der Waals surface area contributed by atoms with Crippen LogP contribution in [-0.2, 0) is 12.8 Å². The van der Waals surface area contributed by atoms with Crippen LogP contribution >= 0.6 is 22.9 Å². The number of hydrogen-bond acceptors (Lipinski definition) is 2. The Balaban J connectivity index is 2.19. The van der Waals surface area contributed by atoms with Crippen LogP contribution in [0.15, 0.2) is 30.3 Å². The van der Waals surface area contributed by atoms with E-state index in [2.05, 4.69) is 43.4 Å². The Labute approximate surface area is 124 Å². The third kappa shape index (κ3) is 3.59. The molecule has 19 heavy (non-hydrogen) atoms. The molecule has 0 bridgehead atoms. The average Bonchev–Trinajstić information content (AvgIpc) is 2.84. The number of benzene rings is 1. The van der Waals surface area contributed by atoms with Crippen LogP contribution < -0.4 is 5.32 Å². The smallest absolute Gasteiger partial charge is 0.0456 e. The zero-order chi connectivity index (χ0) is 13.8. The topological polar surface area (TPSA) is 12.0 Å². The molecule has 0 saturated heterocycles. The summed E-state index contributed by atoms with van der Waals surface area (Å²) in [6, 6.07) is 11.0. The van der Waals surface area contributed by atoms with Gasteiger partial charge < -0.3 is 5.32 Å². The molecule has 1 aromatic carbocycles. The SMILES string of the molecule is CCc1ccc(CC(NC)c2ccc(C)cc2Cl)s1. The quantitative estimate of drug-likeness (QED) is 0.837. The zero-order valence-corrected chi connectivity index (χ0v) is 13.2. The van der Waals surface area contributed by atoms with Crippen molar-refractivity contribution >= 4 is 22.9 Å². The number of rotatable bonds is 5. The lowest BCUT2D eigenvalue weighted by Gasteiger charge is -2.17. The van der Waals surface area contributed by atoms with Gasteiger partial charge in [0.2, 0.25) is 0 Å². The van der Waals surface area contributed by atoms with Crippen molar-refractivity contribution in [3.05, 3.63) is 56.2 Å². The summed E-state index contributed by atoms with van der Waals surface area (Å²) < 4.78 is 0. The van der Waals surface area contributed by atoms with Gasteiger partial charge in [-0.3, -0.25) is 0 Å². The summed E-state index contributed by atoms with van der Waals surface area (Å²) in [5.74, 6) is 0. The van der Waals surface area contributed by atoms with Crippen LogP contribution in [0.25, 0.3) is 0 Å². The lowest BCUT2D eigenvalue weighted by Crippen LogP contribution is -2.18. The second-order valence-electron chi connectivity index (χ2n) is 4.79. The molecule has 0 spiro atoms. The first-order chi connectivity index (χ1) is 9.13. The number of halogens is 1. The second kappa shape index (κ2) is 6.56. The maximum Gasteiger partial charge on any atom is 0.0456 e. The highest BCUT2D eigenvalue weighted by Crippen LogP contribution is 2.29. The van der Waals surface area contributed by atoms with Crippen LogP contribution in [0.5, 0.6) is 0 Å². The summed E-state index contributed by atoms with van der Waals surface area (Å²) in [5.41, 5.74) is 2.38. The fourth-order valence-corrected chi connectivity index (χ4v) is 3.58. The predicted octanol–water partition coefficient (Wildman–Crippen LogP) is 4.78. The van der Waals surface area contributed by atoms with Crippen molar-refractivity contribution in [3.63, 3.8) is 0 Å². The van der Waals surface area contributed by atoms with Crippen molar-refractivity contribution in [3.8, 4) is 0 Å². The van der Waals surface area contributed by atoms with Gasteiger partial charge in [-0.1, -0.05) is 30.7 Å². The minimum absolute atomic E-state index is 0.274. The third-order valence-electron chi connectivity index (χ3n) is 3.35. The van der Waals surface area contributed by atoms with E-state index in [1.807, 2.05) is 24.5 Å². The van der Waals surface area contributed by atoms with Crippen LogP contribution in [0.4, 0.5) is 0 Å². The lowest BCUT2D eigenvalue weighted by atomic mass is 10.0. The highest BCUT2D eigenvalue weighted by Gasteiger charge is 2.14. The van der Waals surface area contributed by atoms with Gasteiger partial charge >= 0.3 is 0 Å². The third-order valence-corrected chi connectivity index (χ3v) is 4.93. The molecule has 0 aliphatic carbocycles. The molecule has 0 aliphatic heterocycles. The fraction of sp³-hybridized carbons (Fsp3) is 0.375. The molecule has 1 heterocycles. The highest BCUT2D eigenvalue weighted by molar-refractivity contribution is 7.11. The molecule has 3 heteroatoms. The number of likely N-dealkylation sites (N-methyl/N-ethyl adjacent to an activating group) is 1. The van der Waals surface area contributed by atoms with Gasteiger partial charge in [-0.2, -0.15) is 0 Å². The van der Waals surface area contributed by atoms with E-state index in [1.165, 1.54) is 20.9 Å². The molecule has 0 saturated carbocycles. The standard InChI is InChI=1S/C16H20ClNS/c1-4-12-6-7-13(19-12)10-16(18-3)14-8-5-11(2)9-15(14)17/h5-9,16,18H,4,10H2,1-3H3. The van der Waals surface area contributed by atoms with Crippen LogP contribution in [-0.4, -0.2) is 7.05 Å². The Morgan fingerprint density at radius 1 is 1.21 bits per heavy atom. The van der Waals surface area contributed by atoms with Gasteiger partial charge in [0.05, 0.1) is 0 Å². The highest BCUT2D eigenvalue weighted by atomic mass is 35.5. The van der Waals surface area contributed by atoms with Gasteiger partial charge in [-0.25, -0.2) is 0 Å². The molecule has 2 aromatic rings. The first-order valence-electron chi connectivity index (χ1n) is 6.65. The maximum absolute atomic E-state index is 6.37. The summed E-state index contributed by atoms with van der Waals surface area (Å²) in [4.78, 5) is 2.85. The van der Waals surface area contributed by atoms with E-state index < -0.39 is 0 Å². The number of aryl methyl sites for hydroxylation is 2. The van der Waals surface area contributed by atoms with Crippen LogP contribution in [0.2, 0.25) is 5.02 Å². The van der Waals surface area contributed by atoms with E-state index in [0.29, 0.717) is 0 Å². The first-order valence-corrected chi connectivity index (χ1v) is 7.84. The normalized spacial score (nSPS) is 12.6. The molecule has 0 radical (unpaired) electrons. The molecular weight excluding hydrogens is 274 g/mol. The zero-order valence-electron chi connectivity index (χ0n) is 11.7. The minimum Gasteiger partial charge on any atom is -0.313 e. The molecule has 1 atom stereocenters. The van der Waals surface area contributed by atoms with Gasteiger partial charge in [0.25, 0.3) is 0 Å². The molecule has 1 nitrogen and oxygen atoms in total. The largest absolute Gasteiger partial charge is 0.313 e. The van der Waals surface area contributed by atoms with Gasteiger partial charge in [-0.15, -0.1) is 11.3 Å². The monoisotopic (exact) mass is 293 g/mol.